The first kappa shape index (κ1) is 16.0. The highest BCUT2D eigenvalue weighted by atomic mass is 16.3. The Morgan fingerprint density at radius 3 is 2.53 bits per heavy atom. The topological polar surface area (TPSA) is 58.3 Å². The third-order valence-corrected chi connectivity index (χ3v) is 3.42. The van der Waals surface area contributed by atoms with Crippen LogP contribution in [0.15, 0.2) is 24.3 Å². The molecule has 0 aliphatic heterocycles. The van der Waals surface area contributed by atoms with Crippen LogP contribution in [0, 0.1) is 0 Å². The van der Waals surface area contributed by atoms with E-state index in [4.69, 9.17) is 5.73 Å². The van der Waals surface area contributed by atoms with Crippen molar-refractivity contribution in [2.75, 3.05) is 5.32 Å². The Hall–Kier alpha value is -1.06. The lowest BCUT2D eigenvalue weighted by molar-refractivity contribution is 0.187. The molecule has 1 aromatic carbocycles. The van der Waals surface area contributed by atoms with E-state index in [1.54, 1.807) is 0 Å². The number of aliphatic hydroxyl groups excluding tert-OH is 1. The van der Waals surface area contributed by atoms with E-state index < -0.39 is 6.23 Å². The fourth-order valence-electron chi connectivity index (χ4n) is 2.28. The van der Waals surface area contributed by atoms with Gasteiger partial charge in [-0.2, -0.15) is 0 Å². The summed E-state index contributed by atoms with van der Waals surface area (Å²) in [6, 6.07) is 8.09. The Bertz CT molecular complexity index is 352. The molecule has 2 atom stereocenters. The highest BCUT2D eigenvalue weighted by molar-refractivity contribution is 5.52. The Balaban J connectivity index is 2.37. The monoisotopic (exact) mass is 264 g/mol. The molecular weight excluding hydrogens is 236 g/mol. The molecule has 0 fully saturated rings. The Morgan fingerprint density at radius 2 is 1.84 bits per heavy atom. The van der Waals surface area contributed by atoms with Crippen molar-refractivity contribution in [3.63, 3.8) is 0 Å². The smallest absolute Gasteiger partial charge is 0.130 e. The van der Waals surface area contributed by atoms with E-state index in [1.807, 2.05) is 24.3 Å². The van der Waals surface area contributed by atoms with Crippen molar-refractivity contribution in [1.82, 2.24) is 0 Å². The molecule has 108 valence electrons. The molecule has 0 aliphatic carbocycles. The van der Waals surface area contributed by atoms with E-state index in [2.05, 4.69) is 19.2 Å². The van der Waals surface area contributed by atoms with Crippen LogP contribution in [0.4, 0.5) is 5.69 Å². The van der Waals surface area contributed by atoms with Crippen LogP contribution in [-0.4, -0.2) is 11.1 Å². The van der Waals surface area contributed by atoms with Gasteiger partial charge in [-0.1, -0.05) is 57.2 Å². The van der Waals surface area contributed by atoms with Gasteiger partial charge in [0.15, 0.2) is 0 Å². The summed E-state index contributed by atoms with van der Waals surface area (Å²) in [4.78, 5) is 0. The van der Waals surface area contributed by atoms with Gasteiger partial charge < -0.3 is 16.2 Å². The molecule has 0 saturated carbocycles. The minimum atomic E-state index is -0.916. The summed E-state index contributed by atoms with van der Waals surface area (Å²) in [5.41, 5.74) is 7.27. The molecule has 0 aliphatic rings. The van der Waals surface area contributed by atoms with Gasteiger partial charge in [-0.15, -0.1) is 0 Å². The minimum Gasteiger partial charge on any atom is -0.382 e. The van der Waals surface area contributed by atoms with E-state index in [9.17, 15) is 5.11 Å². The van der Waals surface area contributed by atoms with Gasteiger partial charge in [0.2, 0.25) is 0 Å². The van der Waals surface area contributed by atoms with Crippen molar-refractivity contribution in [3.05, 3.63) is 29.8 Å². The van der Waals surface area contributed by atoms with Gasteiger partial charge >= 0.3 is 0 Å². The molecular formula is C16H28N2O. The molecule has 0 bridgehead atoms. The second-order valence-corrected chi connectivity index (χ2v) is 5.28. The quantitative estimate of drug-likeness (QED) is 0.470. The van der Waals surface area contributed by atoms with Crippen molar-refractivity contribution < 1.29 is 5.11 Å². The largest absolute Gasteiger partial charge is 0.382 e. The summed E-state index contributed by atoms with van der Waals surface area (Å²) in [6.07, 6.45) is 6.75. The molecule has 0 heterocycles. The lowest BCUT2D eigenvalue weighted by atomic mass is 10.1. The summed E-state index contributed by atoms with van der Waals surface area (Å²) in [6.45, 7) is 4.42. The predicted octanol–water partition coefficient (Wildman–Crippen LogP) is 3.80. The SMILES string of the molecule is CCCCCCCC(C)Nc1ccccc1C(N)O. The third kappa shape index (κ3) is 6.08. The Labute approximate surface area is 117 Å². The van der Waals surface area contributed by atoms with Gasteiger partial charge in [0, 0.05) is 17.3 Å². The zero-order valence-electron chi connectivity index (χ0n) is 12.2. The van der Waals surface area contributed by atoms with Gasteiger partial charge in [0.1, 0.15) is 6.23 Å². The average molecular weight is 264 g/mol. The van der Waals surface area contributed by atoms with Crippen molar-refractivity contribution in [2.45, 2.75) is 64.6 Å². The Kier molecular flexibility index (Phi) is 7.53. The number of unbranched alkanes of at least 4 members (excludes halogenated alkanes) is 4. The molecule has 0 amide bonds. The van der Waals surface area contributed by atoms with Crippen LogP contribution in [0.5, 0.6) is 0 Å². The van der Waals surface area contributed by atoms with Gasteiger partial charge in [0.25, 0.3) is 0 Å². The normalized spacial score (nSPS) is 14.1. The maximum Gasteiger partial charge on any atom is 0.130 e. The van der Waals surface area contributed by atoms with Crippen LogP contribution in [0.25, 0.3) is 0 Å². The number of nitrogens with two attached hydrogens (primary N) is 1. The van der Waals surface area contributed by atoms with Gasteiger partial charge in [0.05, 0.1) is 0 Å². The van der Waals surface area contributed by atoms with Crippen LogP contribution in [0.3, 0.4) is 0 Å². The number of benzene rings is 1. The van der Waals surface area contributed by atoms with Gasteiger partial charge in [-0.05, 0) is 19.4 Å². The summed E-state index contributed by atoms with van der Waals surface area (Å²) in [5, 5.41) is 13.0. The zero-order chi connectivity index (χ0) is 14.1. The molecule has 1 aromatic rings. The molecule has 3 nitrogen and oxygen atoms in total. The second-order valence-electron chi connectivity index (χ2n) is 5.28. The van der Waals surface area contributed by atoms with Crippen LogP contribution in [0.2, 0.25) is 0 Å². The highest BCUT2D eigenvalue weighted by Gasteiger charge is 2.09. The number of anilines is 1. The van der Waals surface area contributed by atoms with Gasteiger partial charge in [-0.25, -0.2) is 0 Å². The first-order valence-corrected chi connectivity index (χ1v) is 7.44. The fraction of sp³-hybridized carbons (Fsp3) is 0.625. The molecule has 0 spiro atoms. The van der Waals surface area contributed by atoms with Crippen LogP contribution >= 0.6 is 0 Å². The van der Waals surface area contributed by atoms with E-state index >= 15 is 0 Å². The molecule has 2 unspecified atom stereocenters. The van der Waals surface area contributed by atoms with E-state index in [1.165, 1.54) is 32.1 Å². The Morgan fingerprint density at radius 1 is 1.16 bits per heavy atom. The number of para-hydroxylation sites is 1. The fourth-order valence-corrected chi connectivity index (χ4v) is 2.28. The van der Waals surface area contributed by atoms with Crippen molar-refractivity contribution >= 4 is 5.69 Å². The van der Waals surface area contributed by atoms with E-state index in [0.29, 0.717) is 6.04 Å². The lowest BCUT2D eigenvalue weighted by Gasteiger charge is -2.19. The molecule has 1 rings (SSSR count). The molecule has 19 heavy (non-hydrogen) atoms. The van der Waals surface area contributed by atoms with Gasteiger partial charge in [-0.3, -0.25) is 0 Å². The molecule has 4 N–H and O–H groups in total. The highest BCUT2D eigenvalue weighted by Crippen LogP contribution is 2.21. The number of hydrogen-bond acceptors (Lipinski definition) is 3. The van der Waals surface area contributed by atoms with Crippen molar-refractivity contribution in [3.8, 4) is 0 Å². The number of nitrogens with one attached hydrogen (secondary N) is 1. The molecule has 0 radical (unpaired) electrons. The summed E-state index contributed by atoms with van der Waals surface area (Å²) < 4.78 is 0. The first-order chi connectivity index (χ1) is 9.15. The average Bonchev–Trinajstić information content (AvgIpc) is 2.39. The lowest BCUT2D eigenvalue weighted by Crippen LogP contribution is -2.18. The predicted molar refractivity (Wildman–Crippen MR) is 82.0 cm³/mol. The van der Waals surface area contributed by atoms with E-state index in [0.717, 1.165) is 17.7 Å². The van der Waals surface area contributed by atoms with Crippen molar-refractivity contribution in [1.29, 1.82) is 0 Å². The number of hydrogen-bond donors (Lipinski definition) is 3. The third-order valence-electron chi connectivity index (χ3n) is 3.42. The summed E-state index contributed by atoms with van der Waals surface area (Å²) in [7, 11) is 0. The summed E-state index contributed by atoms with van der Waals surface area (Å²) in [5.74, 6) is 0. The van der Waals surface area contributed by atoms with Crippen LogP contribution in [-0.2, 0) is 0 Å². The van der Waals surface area contributed by atoms with E-state index in [-0.39, 0.29) is 0 Å². The zero-order valence-corrected chi connectivity index (χ0v) is 12.2. The molecule has 3 heteroatoms. The van der Waals surface area contributed by atoms with Crippen LogP contribution < -0.4 is 11.1 Å². The maximum atomic E-state index is 9.53. The van der Waals surface area contributed by atoms with Crippen LogP contribution in [0.1, 0.15) is 64.2 Å². The number of aliphatic hydroxyl groups is 1. The second kappa shape index (κ2) is 8.94. The standard InChI is InChI=1S/C16H28N2O/c1-3-4-5-6-7-10-13(2)18-15-12-9-8-11-14(15)16(17)19/h8-9,11-13,16,18-19H,3-7,10,17H2,1-2H3. The first-order valence-electron chi connectivity index (χ1n) is 7.44. The molecule has 0 saturated heterocycles. The molecule has 0 aromatic heterocycles. The summed E-state index contributed by atoms with van der Waals surface area (Å²) >= 11 is 0. The minimum absolute atomic E-state index is 0.404. The maximum absolute atomic E-state index is 9.53. The van der Waals surface area contributed by atoms with Crippen molar-refractivity contribution in [2.24, 2.45) is 5.73 Å². The number of rotatable bonds is 9.